The van der Waals surface area contributed by atoms with E-state index in [1.54, 1.807) is 23.6 Å². The molecule has 0 spiro atoms. The van der Waals surface area contributed by atoms with Gasteiger partial charge in [-0.1, -0.05) is 23.9 Å². The van der Waals surface area contributed by atoms with Gasteiger partial charge in [-0.25, -0.2) is 0 Å². The molecule has 1 aromatic heterocycles. The molecule has 1 fully saturated rings. The van der Waals surface area contributed by atoms with E-state index in [4.69, 9.17) is 9.47 Å². The summed E-state index contributed by atoms with van der Waals surface area (Å²) in [6.07, 6.45) is 2.56. The number of rotatable bonds is 5. The number of aromatic nitrogens is 4. The van der Waals surface area contributed by atoms with Crippen LogP contribution in [0.25, 0.3) is 5.69 Å². The number of hydrogen-bond donors (Lipinski definition) is 0. The molecule has 2 aromatic rings. The Labute approximate surface area is 121 Å². The number of thioether (sulfide) groups is 1. The first-order valence-electron chi connectivity index (χ1n) is 6.54. The van der Waals surface area contributed by atoms with Gasteiger partial charge in [-0.15, -0.1) is 5.10 Å². The second kappa shape index (κ2) is 6.23. The Morgan fingerprint density at radius 3 is 3.15 bits per heavy atom. The molecule has 1 aliphatic heterocycles. The topological polar surface area (TPSA) is 62.1 Å². The average molecular weight is 292 g/mol. The second-order valence-corrected chi connectivity index (χ2v) is 5.48. The second-order valence-electron chi connectivity index (χ2n) is 4.49. The Hall–Kier alpha value is -1.60. The van der Waals surface area contributed by atoms with Crippen LogP contribution in [0.4, 0.5) is 0 Å². The number of hydrogen-bond acceptors (Lipinski definition) is 6. The molecule has 1 aliphatic rings. The molecule has 2 heterocycles. The van der Waals surface area contributed by atoms with Gasteiger partial charge in [0.25, 0.3) is 0 Å². The van der Waals surface area contributed by atoms with Gasteiger partial charge in [-0.05, 0) is 35.4 Å². The van der Waals surface area contributed by atoms with Crippen LogP contribution < -0.4 is 4.74 Å². The van der Waals surface area contributed by atoms with Gasteiger partial charge in [-0.2, -0.15) is 4.68 Å². The summed E-state index contributed by atoms with van der Waals surface area (Å²) < 4.78 is 12.7. The maximum atomic E-state index is 5.62. The number of tetrazole rings is 1. The van der Waals surface area contributed by atoms with Gasteiger partial charge >= 0.3 is 0 Å². The lowest BCUT2D eigenvalue weighted by molar-refractivity contribution is 0.129. The van der Waals surface area contributed by atoms with Crippen LogP contribution in [-0.4, -0.2) is 45.8 Å². The lowest BCUT2D eigenvalue weighted by atomic mass is 10.3. The maximum Gasteiger partial charge on any atom is 0.214 e. The fraction of sp³-hybridized carbons (Fsp3) is 0.462. The van der Waals surface area contributed by atoms with Gasteiger partial charge in [0.1, 0.15) is 11.4 Å². The molecular formula is C13H16N4O2S. The van der Waals surface area contributed by atoms with E-state index in [0.29, 0.717) is 6.10 Å². The van der Waals surface area contributed by atoms with Crippen molar-refractivity contribution in [3.05, 3.63) is 24.3 Å². The molecule has 0 saturated carbocycles. The van der Waals surface area contributed by atoms with Crippen molar-refractivity contribution in [3.63, 3.8) is 0 Å². The predicted molar refractivity (Wildman–Crippen MR) is 75.4 cm³/mol. The lowest BCUT2D eigenvalue weighted by Crippen LogP contribution is -2.09. The van der Waals surface area contributed by atoms with Crippen LogP contribution >= 0.6 is 11.8 Å². The highest BCUT2D eigenvalue weighted by molar-refractivity contribution is 7.99. The fourth-order valence-electron chi connectivity index (χ4n) is 2.17. The molecule has 6 nitrogen and oxygen atoms in total. The molecule has 7 heteroatoms. The molecule has 3 rings (SSSR count). The number of para-hydroxylation sites is 2. The third kappa shape index (κ3) is 2.78. The van der Waals surface area contributed by atoms with Gasteiger partial charge in [0.2, 0.25) is 5.16 Å². The summed E-state index contributed by atoms with van der Waals surface area (Å²) in [5.74, 6) is 1.62. The van der Waals surface area contributed by atoms with E-state index in [1.807, 2.05) is 24.3 Å². The third-order valence-electron chi connectivity index (χ3n) is 3.18. The summed E-state index contributed by atoms with van der Waals surface area (Å²) in [5, 5.41) is 12.7. The van der Waals surface area contributed by atoms with Crippen molar-refractivity contribution in [2.75, 3.05) is 19.5 Å². The van der Waals surface area contributed by atoms with E-state index in [2.05, 4.69) is 15.5 Å². The lowest BCUT2D eigenvalue weighted by Gasteiger charge is -2.10. The quantitative estimate of drug-likeness (QED) is 0.785. The number of methoxy groups -OCH3 is 1. The first kappa shape index (κ1) is 13.4. The zero-order valence-electron chi connectivity index (χ0n) is 11.2. The first-order valence-corrected chi connectivity index (χ1v) is 7.53. The van der Waals surface area contributed by atoms with E-state index < -0.39 is 0 Å². The Kier molecular flexibility index (Phi) is 4.17. The Bertz CT molecular complexity index is 569. The van der Waals surface area contributed by atoms with Crippen LogP contribution in [0.1, 0.15) is 12.8 Å². The highest BCUT2D eigenvalue weighted by atomic mass is 32.2. The number of ether oxygens (including phenoxy) is 2. The van der Waals surface area contributed by atoms with Crippen LogP contribution in [0.2, 0.25) is 0 Å². The van der Waals surface area contributed by atoms with Gasteiger partial charge in [0.15, 0.2) is 0 Å². The molecule has 0 N–H and O–H groups in total. The molecule has 0 bridgehead atoms. The van der Waals surface area contributed by atoms with Crippen LogP contribution in [0.15, 0.2) is 29.4 Å². The van der Waals surface area contributed by atoms with E-state index in [0.717, 1.165) is 41.8 Å². The maximum absolute atomic E-state index is 5.62. The van der Waals surface area contributed by atoms with Crippen molar-refractivity contribution in [3.8, 4) is 11.4 Å². The Morgan fingerprint density at radius 1 is 1.45 bits per heavy atom. The summed E-state index contributed by atoms with van der Waals surface area (Å²) in [7, 11) is 1.64. The van der Waals surface area contributed by atoms with Crippen molar-refractivity contribution in [1.82, 2.24) is 20.2 Å². The largest absolute Gasteiger partial charge is 0.494 e. The summed E-state index contributed by atoms with van der Waals surface area (Å²) in [6, 6.07) is 7.69. The molecule has 20 heavy (non-hydrogen) atoms. The standard InChI is InChI=1S/C13H16N4O2S/c1-18-12-7-3-2-6-11(12)17-13(14-15-16-17)20-9-10-5-4-8-19-10/h2-3,6-7,10H,4-5,8-9H2,1H3. The SMILES string of the molecule is COc1ccccc1-n1nnnc1SCC1CCCO1. The summed E-state index contributed by atoms with van der Waals surface area (Å²) in [4.78, 5) is 0. The van der Waals surface area contributed by atoms with Crippen LogP contribution in [0, 0.1) is 0 Å². The van der Waals surface area contributed by atoms with Crippen molar-refractivity contribution >= 4 is 11.8 Å². The zero-order valence-corrected chi connectivity index (χ0v) is 12.0. The van der Waals surface area contributed by atoms with E-state index in [1.165, 1.54) is 0 Å². The molecule has 1 atom stereocenters. The third-order valence-corrected chi connectivity index (χ3v) is 4.23. The highest BCUT2D eigenvalue weighted by Crippen LogP contribution is 2.27. The fourth-order valence-corrected chi connectivity index (χ4v) is 3.12. The molecule has 0 radical (unpaired) electrons. The van der Waals surface area contributed by atoms with Crippen molar-refractivity contribution in [1.29, 1.82) is 0 Å². The minimum Gasteiger partial charge on any atom is -0.494 e. The van der Waals surface area contributed by atoms with Crippen molar-refractivity contribution in [2.24, 2.45) is 0 Å². The van der Waals surface area contributed by atoms with E-state index in [-0.39, 0.29) is 0 Å². The first-order chi connectivity index (χ1) is 9.88. The predicted octanol–water partition coefficient (Wildman–Crippen LogP) is 1.94. The van der Waals surface area contributed by atoms with Crippen LogP contribution in [-0.2, 0) is 4.74 Å². The van der Waals surface area contributed by atoms with Crippen LogP contribution in [0.5, 0.6) is 5.75 Å². The zero-order chi connectivity index (χ0) is 13.8. The monoisotopic (exact) mass is 292 g/mol. The van der Waals surface area contributed by atoms with Gasteiger partial charge < -0.3 is 9.47 Å². The average Bonchev–Trinajstić information content (AvgIpc) is 3.16. The van der Waals surface area contributed by atoms with Gasteiger partial charge in [0.05, 0.1) is 13.2 Å². The molecular weight excluding hydrogens is 276 g/mol. The molecule has 0 aliphatic carbocycles. The van der Waals surface area contributed by atoms with Crippen LogP contribution in [0.3, 0.4) is 0 Å². The number of benzene rings is 1. The summed E-state index contributed by atoms with van der Waals surface area (Å²) in [6.45, 7) is 0.864. The van der Waals surface area contributed by atoms with Crippen molar-refractivity contribution in [2.45, 2.75) is 24.1 Å². The van der Waals surface area contributed by atoms with Gasteiger partial charge in [-0.3, -0.25) is 0 Å². The minimum absolute atomic E-state index is 0.308. The van der Waals surface area contributed by atoms with Crippen molar-refractivity contribution < 1.29 is 9.47 Å². The Morgan fingerprint density at radius 2 is 2.35 bits per heavy atom. The number of nitrogens with zero attached hydrogens (tertiary/aromatic N) is 4. The molecule has 1 aromatic carbocycles. The highest BCUT2D eigenvalue weighted by Gasteiger charge is 2.19. The smallest absolute Gasteiger partial charge is 0.214 e. The molecule has 1 saturated heterocycles. The van der Waals surface area contributed by atoms with Gasteiger partial charge in [0, 0.05) is 12.4 Å². The summed E-state index contributed by atoms with van der Waals surface area (Å²) >= 11 is 1.61. The molecule has 0 amide bonds. The Balaban J connectivity index is 1.78. The van der Waals surface area contributed by atoms with E-state index >= 15 is 0 Å². The van der Waals surface area contributed by atoms with E-state index in [9.17, 15) is 0 Å². The molecule has 1 unspecified atom stereocenters. The molecule has 106 valence electrons. The normalized spacial score (nSPS) is 18.4. The minimum atomic E-state index is 0.308. The summed E-state index contributed by atoms with van der Waals surface area (Å²) in [5.41, 5.74) is 0.842.